The highest BCUT2D eigenvalue weighted by molar-refractivity contribution is 7.90. The van der Waals surface area contributed by atoms with Crippen LogP contribution >= 0.6 is 0 Å². The summed E-state index contributed by atoms with van der Waals surface area (Å²) in [5.74, 6) is 0. The number of nitrogens with one attached hydrogen (secondary N) is 1. The molecule has 0 heterocycles. The van der Waals surface area contributed by atoms with Gasteiger partial charge < -0.3 is 10.2 Å². The number of rotatable bonds is 6. The van der Waals surface area contributed by atoms with Gasteiger partial charge in [-0.25, -0.2) is 13.1 Å². The molecule has 6 nitrogen and oxygen atoms in total. The molecule has 0 saturated heterocycles. The second-order valence-electron chi connectivity index (χ2n) is 2.75. The van der Waals surface area contributed by atoms with E-state index in [2.05, 4.69) is 0 Å². The zero-order chi connectivity index (χ0) is 11.2. The van der Waals surface area contributed by atoms with E-state index in [0.29, 0.717) is 0 Å². The van der Waals surface area contributed by atoms with E-state index in [-0.39, 0.29) is 6.42 Å². The number of nitrogens with zero attached hydrogens (tertiary/aromatic N) is 1. The van der Waals surface area contributed by atoms with E-state index in [0.717, 1.165) is 0 Å². The Bertz CT molecular complexity index is 291. The largest absolute Gasteiger partial charge is 0.395 e. The highest BCUT2D eigenvalue weighted by Crippen LogP contribution is 2.03. The van der Waals surface area contributed by atoms with Crippen molar-refractivity contribution in [2.24, 2.45) is 0 Å². The van der Waals surface area contributed by atoms with Gasteiger partial charge in [-0.05, 0) is 6.42 Å². The van der Waals surface area contributed by atoms with Crippen molar-refractivity contribution in [1.82, 2.24) is 4.72 Å². The molecule has 0 aliphatic carbocycles. The molecule has 0 fully saturated rings. The number of aliphatic hydroxyl groups excluding tert-OH is 2. The topological polar surface area (TPSA) is 110 Å². The smallest absolute Gasteiger partial charge is 0.228 e. The third-order valence-corrected chi connectivity index (χ3v) is 3.51. The van der Waals surface area contributed by atoms with Crippen LogP contribution in [0.25, 0.3) is 0 Å². The normalized spacial score (nSPS) is 13.9. The Hall–Kier alpha value is -0.680. The molecular formula is C7H14N2O4S. The lowest BCUT2D eigenvalue weighted by molar-refractivity contribution is 0.185. The minimum atomic E-state index is -3.78. The van der Waals surface area contributed by atoms with E-state index in [9.17, 15) is 8.42 Å². The van der Waals surface area contributed by atoms with Gasteiger partial charge in [0, 0.05) is 0 Å². The molecule has 0 spiro atoms. The van der Waals surface area contributed by atoms with Crippen LogP contribution in [-0.4, -0.2) is 43.1 Å². The van der Waals surface area contributed by atoms with Crippen molar-refractivity contribution in [2.45, 2.75) is 24.6 Å². The van der Waals surface area contributed by atoms with Crippen molar-refractivity contribution in [3.8, 4) is 6.07 Å². The highest BCUT2D eigenvalue weighted by Gasteiger charge is 2.25. The van der Waals surface area contributed by atoms with E-state index in [1.54, 1.807) is 13.0 Å². The third kappa shape index (κ3) is 3.59. The Morgan fingerprint density at radius 2 is 1.93 bits per heavy atom. The van der Waals surface area contributed by atoms with Gasteiger partial charge in [0.1, 0.15) is 0 Å². The van der Waals surface area contributed by atoms with Crippen LogP contribution in [-0.2, 0) is 10.0 Å². The number of nitriles is 1. The Morgan fingerprint density at radius 1 is 1.43 bits per heavy atom. The molecule has 0 rings (SSSR count). The molecule has 1 atom stereocenters. The molecule has 14 heavy (non-hydrogen) atoms. The molecular weight excluding hydrogens is 208 g/mol. The van der Waals surface area contributed by atoms with E-state index in [1.165, 1.54) is 0 Å². The lowest BCUT2D eigenvalue weighted by atomic mass is 10.4. The van der Waals surface area contributed by atoms with Crippen molar-refractivity contribution in [2.75, 3.05) is 13.2 Å². The average molecular weight is 222 g/mol. The standard InChI is InChI=1S/C7H14N2O4S/c1-2-7(3-8)14(12,13)9-6(4-10)5-11/h6-7,9-11H,2,4-5H2,1H3. The molecule has 0 aromatic heterocycles. The third-order valence-electron chi connectivity index (χ3n) is 1.66. The summed E-state index contributed by atoms with van der Waals surface area (Å²) in [6, 6.07) is 0.690. The zero-order valence-electron chi connectivity index (χ0n) is 7.84. The summed E-state index contributed by atoms with van der Waals surface area (Å²) in [6.07, 6.45) is 0.162. The maximum atomic E-state index is 11.4. The first-order valence-corrected chi connectivity index (χ1v) is 5.68. The Kier molecular flexibility index (Phi) is 5.64. The van der Waals surface area contributed by atoms with Crippen molar-refractivity contribution in [3.05, 3.63) is 0 Å². The number of hydrogen-bond donors (Lipinski definition) is 3. The van der Waals surface area contributed by atoms with E-state index in [4.69, 9.17) is 15.5 Å². The minimum absolute atomic E-state index is 0.162. The molecule has 0 aromatic carbocycles. The fourth-order valence-electron chi connectivity index (χ4n) is 0.827. The fraction of sp³-hybridized carbons (Fsp3) is 0.857. The molecule has 0 amide bonds. The Morgan fingerprint density at radius 3 is 2.21 bits per heavy atom. The minimum Gasteiger partial charge on any atom is -0.395 e. The molecule has 82 valence electrons. The number of hydrogen-bond acceptors (Lipinski definition) is 5. The molecule has 7 heteroatoms. The summed E-state index contributed by atoms with van der Waals surface area (Å²) in [7, 11) is -3.78. The van der Waals surface area contributed by atoms with Gasteiger partial charge in [0.05, 0.1) is 25.3 Å². The van der Waals surface area contributed by atoms with Crippen LogP contribution in [0.4, 0.5) is 0 Å². The number of sulfonamides is 1. The van der Waals surface area contributed by atoms with Gasteiger partial charge in [-0.3, -0.25) is 0 Å². The summed E-state index contributed by atoms with van der Waals surface area (Å²) < 4.78 is 24.8. The first kappa shape index (κ1) is 13.3. The monoisotopic (exact) mass is 222 g/mol. The predicted octanol–water partition coefficient (Wildman–Crippen LogP) is -1.44. The summed E-state index contributed by atoms with van der Waals surface area (Å²) >= 11 is 0. The van der Waals surface area contributed by atoms with Crippen LogP contribution in [0.1, 0.15) is 13.3 Å². The molecule has 3 N–H and O–H groups in total. The van der Waals surface area contributed by atoms with Crippen molar-refractivity contribution in [3.63, 3.8) is 0 Å². The molecule has 0 saturated carbocycles. The van der Waals surface area contributed by atoms with Crippen LogP contribution in [0.15, 0.2) is 0 Å². The van der Waals surface area contributed by atoms with Gasteiger partial charge in [0.2, 0.25) is 10.0 Å². The summed E-state index contributed by atoms with van der Waals surface area (Å²) in [4.78, 5) is 0. The van der Waals surface area contributed by atoms with Crippen LogP contribution < -0.4 is 4.72 Å². The highest BCUT2D eigenvalue weighted by atomic mass is 32.2. The molecule has 0 bridgehead atoms. The summed E-state index contributed by atoms with van der Waals surface area (Å²) in [5.41, 5.74) is 0. The van der Waals surface area contributed by atoms with Gasteiger partial charge in [0.25, 0.3) is 0 Å². The van der Waals surface area contributed by atoms with Crippen molar-refractivity contribution < 1.29 is 18.6 Å². The second kappa shape index (κ2) is 5.93. The van der Waals surface area contributed by atoms with Gasteiger partial charge in [0.15, 0.2) is 5.25 Å². The fourth-order valence-corrected chi connectivity index (χ4v) is 2.18. The second-order valence-corrected chi connectivity index (χ2v) is 4.65. The van der Waals surface area contributed by atoms with Gasteiger partial charge in [-0.2, -0.15) is 5.26 Å². The molecule has 1 unspecified atom stereocenters. The predicted molar refractivity (Wildman–Crippen MR) is 49.7 cm³/mol. The van der Waals surface area contributed by atoms with E-state index >= 15 is 0 Å². The maximum Gasteiger partial charge on any atom is 0.228 e. The zero-order valence-corrected chi connectivity index (χ0v) is 8.66. The lowest BCUT2D eigenvalue weighted by Gasteiger charge is -2.15. The Labute approximate surface area is 83.2 Å². The van der Waals surface area contributed by atoms with Crippen molar-refractivity contribution >= 4 is 10.0 Å². The van der Waals surface area contributed by atoms with Crippen molar-refractivity contribution in [1.29, 1.82) is 5.26 Å². The van der Waals surface area contributed by atoms with Gasteiger partial charge in [-0.15, -0.1) is 0 Å². The number of aliphatic hydroxyl groups is 2. The first-order valence-electron chi connectivity index (χ1n) is 4.14. The van der Waals surface area contributed by atoms with E-state index < -0.39 is 34.5 Å². The van der Waals surface area contributed by atoms with Gasteiger partial charge in [-0.1, -0.05) is 6.92 Å². The summed E-state index contributed by atoms with van der Waals surface area (Å²) in [5, 5.41) is 24.7. The SMILES string of the molecule is CCC(C#N)S(=O)(=O)NC(CO)CO. The summed E-state index contributed by atoms with van der Waals surface area (Å²) in [6.45, 7) is 0.565. The first-order chi connectivity index (χ1) is 6.51. The maximum absolute atomic E-state index is 11.4. The molecule has 0 aliphatic heterocycles. The Balaban J connectivity index is 4.56. The van der Waals surface area contributed by atoms with Crippen LogP contribution in [0.5, 0.6) is 0 Å². The van der Waals surface area contributed by atoms with Gasteiger partial charge >= 0.3 is 0 Å². The van der Waals surface area contributed by atoms with Crippen LogP contribution in [0.3, 0.4) is 0 Å². The molecule has 0 radical (unpaired) electrons. The molecule has 0 aliphatic rings. The van der Waals surface area contributed by atoms with Crippen LogP contribution in [0.2, 0.25) is 0 Å². The quantitative estimate of drug-likeness (QED) is 0.510. The lowest BCUT2D eigenvalue weighted by Crippen LogP contribution is -2.44. The molecule has 0 aromatic rings. The van der Waals surface area contributed by atoms with Crippen LogP contribution in [0, 0.1) is 11.3 Å². The van der Waals surface area contributed by atoms with E-state index in [1.807, 2.05) is 4.72 Å². The average Bonchev–Trinajstić information content (AvgIpc) is 2.15.